The molecule has 124 valence electrons. The highest BCUT2D eigenvalue weighted by Crippen LogP contribution is 2.26. The van der Waals surface area contributed by atoms with Crippen LogP contribution in [0.5, 0.6) is 0 Å². The summed E-state index contributed by atoms with van der Waals surface area (Å²) in [6.45, 7) is 3.40. The number of likely N-dealkylation sites (N-methyl/N-ethyl adjacent to an activating group) is 1. The van der Waals surface area contributed by atoms with Gasteiger partial charge in [0.2, 0.25) is 5.91 Å². The summed E-state index contributed by atoms with van der Waals surface area (Å²) < 4.78 is 12.9. The maximum atomic E-state index is 12.9. The molecule has 0 aliphatic carbocycles. The minimum Gasteiger partial charge on any atom is -0.360 e. The third-order valence-electron chi connectivity index (χ3n) is 3.65. The first-order valence-corrected chi connectivity index (χ1v) is 7.55. The van der Waals surface area contributed by atoms with Crippen molar-refractivity contribution in [3.63, 3.8) is 0 Å². The smallest absolute Gasteiger partial charge is 0.246 e. The summed E-state index contributed by atoms with van der Waals surface area (Å²) in [5.74, 6) is -0.303. The minimum absolute atomic E-state index is 0.0595. The number of rotatable bonds is 4. The molecule has 0 aliphatic heterocycles. The van der Waals surface area contributed by atoms with Crippen molar-refractivity contribution in [2.24, 2.45) is 0 Å². The highest BCUT2D eigenvalue weighted by atomic mass is 35.5. The van der Waals surface area contributed by atoms with Gasteiger partial charge in [0.15, 0.2) is 0 Å². The van der Waals surface area contributed by atoms with Crippen LogP contribution in [0.15, 0.2) is 24.3 Å². The van der Waals surface area contributed by atoms with Crippen molar-refractivity contribution in [3.8, 4) is 6.07 Å². The number of anilines is 2. The highest BCUT2D eigenvalue weighted by molar-refractivity contribution is 6.32. The van der Waals surface area contributed by atoms with E-state index in [1.165, 1.54) is 29.2 Å². The van der Waals surface area contributed by atoms with Crippen LogP contribution in [-0.2, 0) is 4.79 Å². The van der Waals surface area contributed by atoms with E-state index in [9.17, 15) is 14.4 Å². The van der Waals surface area contributed by atoms with Crippen LogP contribution in [-0.4, -0.2) is 24.5 Å². The summed E-state index contributed by atoms with van der Waals surface area (Å²) in [6.07, 6.45) is 0. The lowest BCUT2D eigenvalue weighted by molar-refractivity contribution is -0.116. The van der Waals surface area contributed by atoms with Gasteiger partial charge in [-0.15, -0.1) is 0 Å². The van der Waals surface area contributed by atoms with Crippen LogP contribution in [0.2, 0.25) is 5.02 Å². The van der Waals surface area contributed by atoms with E-state index in [0.29, 0.717) is 33.3 Å². The minimum atomic E-state index is -0.368. The van der Waals surface area contributed by atoms with Crippen LogP contribution in [0.1, 0.15) is 16.8 Å². The summed E-state index contributed by atoms with van der Waals surface area (Å²) in [5, 5.41) is 12.6. The van der Waals surface area contributed by atoms with Crippen molar-refractivity contribution in [2.75, 3.05) is 23.8 Å². The van der Waals surface area contributed by atoms with Crippen molar-refractivity contribution in [2.45, 2.75) is 13.8 Å². The number of benzene rings is 1. The molecule has 1 aromatic carbocycles. The van der Waals surface area contributed by atoms with E-state index in [2.05, 4.69) is 10.3 Å². The van der Waals surface area contributed by atoms with Gasteiger partial charge < -0.3 is 10.2 Å². The number of nitriles is 1. The van der Waals surface area contributed by atoms with Gasteiger partial charge in [-0.25, -0.2) is 9.37 Å². The Labute approximate surface area is 144 Å². The maximum Gasteiger partial charge on any atom is 0.246 e. The standard InChI is InChI=1S/C17H16ClFN4O/c1-10-14(8-20)17(22-11(2)16(10)18)21-9-15(24)23(3)13-6-4-12(19)5-7-13/h4-7H,9H2,1-3H3,(H,21,22). The normalized spacial score (nSPS) is 10.2. The number of pyridine rings is 1. The van der Waals surface area contributed by atoms with Gasteiger partial charge in [0, 0.05) is 12.7 Å². The molecule has 0 unspecified atom stereocenters. The SMILES string of the molecule is Cc1nc(NCC(=O)N(C)c2ccc(F)cc2)c(C#N)c(C)c1Cl. The van der Waals surface area contributed by atoms with Crippen molar-refractivity contribution < 1.29 is 9.18 Å². The summed E-state index contributed by atoms with van der Waals surface area (Å²) in [6, 6.07) is 7.65. The third kappa shape index (κ3) is 3.63. The fourth-order valence-electron chi connectivity index (χ4n) is 2.18. The number of aryl methyl sites for hydroxylation is 1. The zero-order valence-electron chi connectivity index (χ0n) is 13.5. The van der Waals surface area contributed by atoms with Gasteiger partial charge >= 0.3 is 0 Å². The molecule has 0 aliphatic rings. The number of hydrogen-bond donors (Lipinski definition) is 1. The van der Waals surface area contributed by atoms with E-state index in [1.807, 2.05) is 6.07 Å². The summed E-state index contributed by atoms with van der Waals surface area (Å²) in [7, 11) is 1.59. The van der Waals surface area contributed by atoms with Crippen LogP contribution in [0, 0.1) is 31.0 Å². The molecule has 2 aromatic rings. The Balaban J connectivity index is 2.15. The van der Waals surface area contributed by atoms with Crippen LogP contribution in [0.4, 0.5) is 15.9 Å². The number of halogens is 2. The molecule has 1 N–H and O–H groups in total. The predicted octanol–water partition coefficient (Wildman–Crippen LogP) is 3.44. The molecule has 0 atom stereocenters. The Hall–Kier alpha value is -2.65. The Morgan fingerprint density at radius 3 is 2.58 bits per heavy atom. The number of hydrogen-bond acceptors (Lipinski definition) is 4. The van der Waals surface area contributed by atoms with E-state index in [0.717, 1.165) is 0 Å². The van der Waals surface area contributed by atoms with Crippen LogP contribution in [0.25, 0.3) is 0 Å². The van der Waals surface area contributed by atoms with E-state index in [1.54, 1.807) is 20.9 Å². The van der Waals surface area contributed by atoms with E-state index >= 15 is 0 Å². The molecule has 0 radical (unpaired) electrons. The number of aromatic nitrogens is 1. The zero-order chi connectivity index (χ0) is 17.9. The molecule has 1 amide bonds. The maximum absolute atomic E-state index is 12.9. The predicted molar refractivity (Wildman–Crippen MR) is 91.7 cm³/mol. The first-order chi connectivity index (χ1) is 11.3. The second-order valence-electron chi connectivity index (χ2n) is 5.25. The zero-order valence-corrected chi connectivity index (χ0v) is 14.3. The average molecular weight is 347 g/mol. The van der Waals surface area contributed by atoms with Gasteiger partial charge in [-0.05, 0) is 43.7 Å². The highest BCUT2D eigenvalue weighted by Gasteiger charge is 2.16. The fraction of sp³-hybridized carbons (Fsp3) is 0.235. The molecular formula is C17H16ClFN4O. The topological polar surface area (TPSA) is 69.0 Å². The van der Waals surface area contributed by atoms with Gasteiger partial charge in [-0.3, -0.25) is 4.79 Å². The first-order valence-electron chi connectivity index (χ1n) is 7.18. The number of amides is 1. The monoisotopic (exact) mass is 346 g/mol. The Bertz CT molecular complexity index is 815. The second kappa shape index (κ2) is 7.28. The Morgan fingerprint density at radius 2 is 2.00 bits per heavy atom. The molecule has 24 heavy (non-hydrogen) atoms. The molecule has 0 fully saturated rings. The van der Waals surface area contributed by atoms with Crippen molar-refractivity contribution >= 4 is 29.0 Å². The lowest BCUT2D eigenvalue weighted by Crippen LogP contribution is -2.32. The van der Waals surface area contributed by atoms with Crippen LogP contribution < -0.4 is 10.2 Å². The van der Waals surface area contributed by atoms with E-state index < -0.39 is 0 Å². The molecule has 0 bridgehead atoms. The van der Waals surface area contributed by atoms with Crippen molar-refractivity contribution in [1.29, 1.82) is 5.26 Å². The Kier molecular flexibility index (Phi) is 5.37. The summed E-state index contributed by atoms with van der Waals surface area (Å²) in [5.41, 5.74) is 2.08. The van der Waals surface area contributed by atoms with Gasteiger partial charge in [0.25, 0.3) is 0 Å². The van der Waals surface area contributed by atoms with Crippen molar-refractivity contribution in [1.82, 2.24) is 4.98 Å². The lowest BCUT2D eigenvalue weighted by atomic mass is 10.1. The summed E-state index contributed by atoms with van der Waals surface area (Å²) in [4.78, 5) is 17.9. The van der Waals surface area contributed by atoms with E-state index in [4.69, 9.17) is 11.6 Å². The number of carbonyl (C=O) groups excluding carboxylic acids is 1. The summed E-state index contributed by atoms with van der Waals surface area (Å²) >= 11 is 6.09. The lowest BCUT2D eigenvalue weighted by Gasteiger charge is -2.18. The molecule has 2 rings (SSSR count). The second-order valence-corrected chi connectivity index (χ2v) is 5.63. The van der Waals surface area contributed by atoms with E-state index in [-0.39, 0.29) is 18.3 Å². The molecule has 7 heteroatoms. The van der Waals surface area contributed by atoms with Crippen LogP contribution in [0.3, 0.4) is 0 Å². The van der Waals surface area contributed by atoms with Gasteiger partial charge in [-0.1, -0.05) is 11.6 Å². The molecule has 0 saturated heterocycles. The molecule has 1 aromatic heterocycles. The third-order valence-corrected chi connectivity index (χ3v) is 4.20. The molecule has 0 saturated carbocycles. The average Bonchev–Trinajstić information content (AvgIpc) is 2.57. The van der Waals surface area contributed by atoms with Gasteiger partial charge in [-0.2, -0.15) is 5.26 Å². The first kappa shape index (κ1) is 17.7. The van der Waals surface area contributed by atoms with Crippen molar-refractivity contribution in [3.05, 3.63) is 51.9 Å². The quantitative estimate of drug-likeness (QED) is 0.920. The van der Waals surface area contributed by atoms with Crippen LogP contribution >= 0.6 is 11.6 Å². The molecule has 0 spiro atoms. The molecular weight excluding hydrogens is 331 g/mol. The van der Waals surface area contributed by atoms with Gasteiger partial charge in [0.1, 0.15) is 17.7 Å². The number of nitrogens with one attached hydrogen (secondary N) is 1. The largest absolute Gasteiger partial charge is 0.360 e. The fourth-order valence-corrected chi connectivity index (χ4v) is 2.32. The Morgan fingerprint density at radius 1 is 1.38 bits per heavy atom. The van der Waals surface area contributed by atoms with Gasteiger partial charge in [0.05, 0.1) is 22.8 Å². The number of carbonyl (C=O) groups is 1. The number of nitrogens with zero attached hydrogens (tertiary/aromatic N) is 3. The molecule has 1 heterocycles. The molecule has 5 nitrogen and oxygen atoms in total.